The monoisotopic (exact) mass is 438 g/mol. The van der Waals surface area contributed by atoms with Crippen LogP contribution in [-0.4, -0.2) is 30.5 Å². The van der Waals surface area contributed by atoms with Gasteiger partial charge in [0.05, 0.1) is 16.9 Å². The van der Waals surface area contributed by atoms with Gasteiger partial charge >= 0.3 is 0 Å². The molecular weight excluding hydrogens is 419 g/mol. The Morgan fingerprint density at radius 3 is 2.73 bits per heavy atom. The van der Waals surface area contributed by atoms with Gasteiger partial charge in [0.15, 0.2) is 0 Å². The van der Waals surface area contributed by atoms with Crippen LogP contribution in [-0.2, 0) is 6.42 Å². The zero-order valence-electron chi connectivity index (χ0n) is 17.6. The molecule has 1 amide bonds. The van der Waals surface area contributed by atoms with Crippen LogP contribution in [0.25, 0.3) is 16.7 Å². The molecular formula is C25H19FN6O. The van der Waals surface area contributed by atoms with E-state index in [4.69, 9.17) is 0 Å². The fourth-order valence-corrected chi connectivity index (χ4v) is 4.03. The van der Waals surface area contributed by atoms with Gasteiger partial charge in [0, 0.05) is 29.5 Å². The Morgan fingerprint density at radius 2 is 1.91 bits per heavy atom. The number of fused-ring (bicyclic) bond motifs is 2. The van der Waals surface area contributed by atoms with Crippen LogP contribution in [0.1, 0.15) is 46.1 Å². The Labute approximate surface area is 188 Å². The Balaban J connectivity index is 1.41. The molecule has 5 aromatic rings. The summed E-state index contributed by atoms with van der Waals surface area (Å²) in [7, 11) is 0. The number of amides is 1. The van der Waals surface area contributed by atoms with E-state index in [2.05, 4.69) is 31.4 Å². The van der Waals surface area contributed by atoms with E-state index in [-0.39, 0.29) is 11.6 Å². The highest BCUT2D eigenvalue weighted by Crippen LogP contribution is 2.41. The van der Waals surface area contributed by atoms with Gasteiger partial charge in [0.1, 0.15) is 0 Å². The van der Waals surface area contributed by atoms with Crippen LogP contribution in [0.15, 0.2) is 66.9 Å². The molecule has 0 spiro atoms. The highest BCUT2D eigenvalue weighted by molar-refractivity contribution is 6.03. The summed E-state index contributed by atoms with van der Waals surface area (Å²) in [5, 5.41) is 7.99. The molecule has 0 aliphatic heterocycles. The van der Waals surface area contributed by atoms with Crippen molar-refractivity contribution in [3.8, 4) is 0 Å². The van der Waals surface area contributed by atoms with Gasteiger partial charge in [-0.3, -0.25) is 9.78 Å². The summed E-state index contributed by atoms with van der Waals surface area (Å²) in [5.41, 5.74) is 4.16. The molecule has 33 heavy (non-hydrogen) atoms. The lowest BCUT2D eigenvalue weighted by molar-refractivity contribution is 0.102. The van der Waals surface area contributed by atoms with Crippen LogP contribution >= 0.6 is 0 Å². The van der Waals surface area contributed by atoms with Gasteiger partial charge in [-0.1, -0.05) is 30.3 Å². The molecule has 7 nitrogen and oxygen atoms in total. The first-order valence-electron chi connectivity index (χ1n) is 10.8. The molecule has 8 heteroatoms. The third kappa shape index (κ3) is 3.69. The number of hydrogen-bond donors (Lipinski definition) is 1. The van der Waals surface area contributed by atoms with Gasteiger partial charge in [-0.25, -0.2) is 4.98 Å². The van der Waals surface area contributed by atoms with Crippen LogP contribution in [0.2, 0.25) is 0 Å². The lowest BCUT2D eigenvalue weighted by Gasteiger charge is -2.08. The fourth-order valence-electron chi connectivity index (χ4n) is 4.03. The average Bonchev–Trinajstić information content (AvgIpc) is 3.63. The molecule has 0 atom stereocenters. The first kappa shape index (κ1) is 19.5. The maximum Gasteiger partial charge on any atom is 0.261 e. The van der Waals surface area contributed by atoms with Crippen LogP contribution in [0.3, 0.4) is 0 Å². The second-order valence-electron chi connectivity index (χ2n) is 8.21. The fraction of sp³-hybridized carbons (Fsp3) is 0.160. The van der Waals surface area contributed by atoms with E-state index in [1.54, 1.807) is 35.0 Å². The number of imidazole rings is 1. The molecule has 2 aromatic carbocycles. The highest BCUT2D eigenvalue weighted by atomic mass is 19.1. The molecule has 1 saturated carbocycles. The molecule has 1 aliphatic carbocycles. The maximum atomic E-state index is 14.7. The van der Waals surface area contributed by atoms with Crippen molar-refractivity contribution in [1.82, 2.24) is 24.6 Å². The van der Waals surface area contributed by atoms with Crippen molar-refractivity contribution in [3.63, 3.8) is 0 Å². The molecule has 162 valence electrons. The predicted octanol–water partition coefficient (Wildman–Crippen LogP) is 4.53. The molecule has 0 saturated heterocycles. The second-order valence-corrected chi connectivity index (χ2v) is 8.21. The van der Waals surface area contributed by atoms with Crippen LogP contribution in [0.5, 0.6) is 0 Å². The van der Waals surface area contributed by atoms with E-state index in [0.29, 0.717) is 17.9 Å². The number of rotatable bonds is 5. The summed E-state index contributed by atoms with van der Waals surface area (Å²) < 4.78 is 16.3. The maximum absolute atomic E-state index is 14.7. The Hall–Kier alpha value is -4.20. The van der Waals surface area contributed by atoms with Crippen LogP contribution in [0, 0.1) is 5.95 Å². The van der Waals surface area contributed by atoms with Crippen molar-refractivity contribution < 1.29 is 9.18 Å². The minimum Gasteiger partial charge on any atom is -0.301 e. The second kappa shape index (κ2) is 7.74. The lowest BCUT2D eigenvalue weighted by atomic mass is 10.0. The standard InChI is InChI=1S/C25H19FN6O/c26-22-23(30-24(33)17-5-2-1-3-6-17)31-32-20(21(16-9-10-16)28-25(32)29-22)14-15-8-11-19-18(13-15)7-4-12-27-19/h1-8,11-13,16H,9-10,14H2,(H,30,31,33). The summed E-state index contributed by atoms with van der Waals surface area (Å²) in [4.78, 5) is 25.5. The molecule has 3 heterocycles. The first-order valence-corrected chi connectivity index (χ1v) is 10.8. The number of aromatic nitrogens is 5. The zero-order valence-corrected chi connectivity index (χ0v) is 17.6. The largest absolute Gasteiger partial charge is 0.301 e. The Bertz CT molecular complexity index is 1510. The minimum atomic E-state index is -0.859. The molecule has 6 rings (SSSR count). The molecule has 0 bridgehead atoms. The number of halogens is 1. The van der Waals surface area contributed by atoms with Crippen molar-refractivity contribution in [2.24, 2.45) is 0 Å². The number of pyridine rings is 1. The number of nitrogens with zero attached hydrogens (tertiary/aromatic N) is 5. The van der Waals surface area contributed by atoms with Crippen molar-refractivity contribution in [2.45, 2.75) is 25.2 Å². The third-order valence-corrected chi connectivity index (χ3v) is 5.83. The predicted molar refractivity (Wildman–Crippen MR) is 122 cm³/mol. The number of benzene rings is 2. The van der Waals surface area contributed by atoms with Crippen molar-refractivity contribution in [1.29, 1.82) is 0 Å². The number of nitrogens with one attached hydrogen (secondary N) is 1. The van der Waals surface area contributed by atoms with Gasteiger partial charge in [0.25, 0.3) is 17.6 Å². The topological polar surface area (TPSA) is 85.1 Å². The van der Waals surface area contributed by atoms with E-state index < -0.39 is 11.9 Å². The molecule has 1 N–H and O–H groups in total. The number of carbonyl (C=O) groups excluding carboxylic acids is 1. The number of anilines is 1. The minimum absolute atomic E-state index is 0.199. The smallest absolute Gasteiger partial charge is 0.261 e. The van der Waals surface area contributed by atoms with Gasteiger partial charge in [-0.05, 0) is 48.7 Å². The van der Waals surface area contributed by atoms with Crippen molar-refractivity contribution >= 4 is 28.4 Å². The van der Waals surface area contributed by atoms with Crippen LogP contribution in [0.4, 0.5) is 10.2 Å². The van der Waals surface area contributed by atoms with E-state index in [1.807, 2.05) is 30.3 Å². The normalized spacial score (nSPS) is 13.5. The van der Waals surface area contributed by atoms with Gasteiger partial charge < -0.3 is 5.32 Å². The SMILES string of the molecule is O=C(Nc1nn2c(Cc3ccc4ncccc4c3)c(C3CC3)nc2nc1F)c1ccccc1. The van der Waals surface area contributed by atoms with Crippen LogP contribution < -0.4 is 5.32 Å². The average molecular weight is 438 g/mol. The van der Waals surface area contributed by atoms with E-state index in [0.717, 1.165) is 40.7 Å². The quantitative estimate of drug-likeness (QED) is 0.436. The summed E-state index contributed by atoms with van der Waals surface area (Å²) in [6, 6.07) is 18.6. The highest BCUT2D eigenvalue weighted by Gasteiger charge is 2.31. The summed E-state index contributed by atoms with van der Waals surface area (Å²) >= 11 is 0. The number of hydrogen-bond acceptors (Lipinski definition) is 5. The lowest BCUT2D eigenvalue weighted by Crippen LogP contribution is -2.17. The number of carbonyl (C=O) groups is 1. The first-order chi connectivity index (χ1) is 16.2. The molecule has 1 fully saturated rings. The van der Waals surface area contributed by atoms with E-state index in [1.165, 1.54) is 0 Å². The summed E-state index contributed by atoms with van der Waals surface area (Å²) in [5.74, 6) is -1.00. The summed E-state index contributed by atoms with van der Waals surface area (Å²) in [6.45, 7) is 0. The van der Waals surface area contributed by atoms with Crippen molar-refractivity contribution in [2.75, 3.05) is 5.32 Å². The van der Waals surface area contributed by atoms with E-state index in [9.17, 15) is 9.18 Å². The Morgan fingerprint density at radius 1 is 1.06 bits per heavy atom. The third-order valence-electron chi connectivity index (χ3n) is 5.83. The zero-order chi connectivity index (χ0) is 22.4. The van der Waals surface area contributed by atoms with Crippen molar-refractivity contribution in [3.05, 3.63) is 95.3 Å². The van der Waals surface area contributed by atoms with E-state index >= 15 is 0 Å². The van der Waals surface area contributed by atoms with Gasteiger partial charge in [-0.2, -0.15) is 13.9 Å². The van der Waals surface area contributed by atoms with Gasteiger partial charge in [-0.15, -0.1) is 5.10 Å². The Kier molecular flexibility index (Phi) is 4.57. The molecule has 1 aliphatic rings. The van der Waals surface area contributed by atoms with Gasteiger partial charge in [0.2, 0.25) is 5.82 Å². The molecule has 0 radical (unpaired) electrons. The summed E-state index contributed by atoms with van der Waals surface area (Å²) in [6.07, 6.45) is 4.41. The molecule has 3 aromatic heterocycles. The molecule has 0 unspecified atom stereocenters.